The molecule has 0 spiro atoms. The summed E-state index contributed by atoms with van der Waals surface area (Å²) >= 11 is 0. The van der Waals surface area contributed by atoms with Crippen LogP contribution in [0.3, 0.4) is 0 Å². The maximum absolute atomic E-state index is 9.75. The molecule has 0 bridgehead atoms. The van der Waals surface area contributed by atoms with Crippen molar-refractivity contribution in [1.82, 2.24) is 0 Å². The van der Waals surface area contributed by atoms with Gasteiger partial charge in [0, 0.05) is 37.0 Å². The maximum atomic E-state index is 9.75. The van der Waals surface area contributed by atoms with Crippen LogP contribution in [0.2, 0.25) is 0 Å². The first kappa shape index (κ1) is 63.7. The summed E-state index contributed by atoms with van der Waals surface area (Å²) in [6.07, 6.45) is 14.8. The minimum atomic E-state index is -6.00. The van der Waals surface area contributed by atoms with Gasteiger partial charge >= 0.3 is 29.0 Å². The van der Waals surface area contributed by atoms with Crippen molar-refractivity contribution in [3.8, 4) is 22.6 Å². The van der Waals surface area contributed by atoms with Gasteiger partial charge in [-0.25, -0.2) is 0 Å². The Bertz CT molecular complexity index is 2080. The van der Waals surface area contributed by atoms with Gasteiger partial charge in [-0.05, 0) is 111 Å². The van der Waals surface area contributed by atoms with Gasteiger partial charge in [0.2, 0.25) is 0 Å². The van der Waals surface area contributed by atoms with Crippen LogP contribution < -0.4 is 41.3 Å². The van der Waals surface area contributed by atoms with E-state index < -0.39 is 44.9 Å². The predicted molar refractivity (Wildman–Crippen MR) is 261 cm³/mol. The minimum Gasteiger partial charge on any atom is -0.493 e. The van der Waals surface area contributed by atoms with Crippen molar-refractivity contribution in [1.29, 1.82) is 0 Å². The maximum Gasteiger partial charge on any atom is 0.673 e. The molecule has 0 atom stereocenters. The first-order chi connectivity index (χ1) is 33.4. The molecular weight excluding hydrogens is 1110 g/mol. The van der Waals surface area contributed by atoms with Crippen molar-refractivity contribution < 1.29 is 98.0 Å². The Morgan fingerprint density at radius 2 is 0.528 bits per heavy atom. The molecule has 72 heavy (non-hydrogen) atoms. The Hall–Kier alpha value is -4.46. The molecule has 2 aliphatic rings. The summed E-state index contributed by atoms with van der Waals surface area (Å²) in [4.78, 5) is 0. The van der Waals surface area contributed by atoms with Gasteiger partial charge in [0.25, 0.3) is 0 Å². The van der Waals surface area contributed by atoms with Crippen molar-refractivity contribution in [2.75, 3.05) is 13.2 Å². The first-order valence-corrected chi connectivity index (χ1v) is 24.2. The van der Waals surface area contributed by atoms with Crippen molar-refractivity contribution in [2.45, 2.75) is 32.1 Å². The van der Waals surface area contributed by atoms with Crippen molar-refractivity contribution in [3.63, 3.8) is 0 Å². The summed E-state index contributed by atoms with van der Waals surface area (Å²) in [5, 5.41) is 7.80. The van der Waals surface area contributed by atoms with Crippen LogP contribution in [0.5, 0.6) is 11.5 Å². The van der Waals surface area contributed by atoms with E-state index in [1.54, 1.807) is 0 Å². The molecule has 1 fully saturated rings. The standard InChI is InChI=1S/C39H32O2P2.C8H12.4BF4.Rh/c1-5-16-30(17-6-1)42(31-18-7-2-8-19-31)36-26-13-24-34-38(36)39-35(41-29-15-28-40-34)25-14-27-37(39)43(32-20-9-3-10-21-32)33-22-11-4-12-23-33;1-2-4-6-8-7-5-3-1;4*2-1(3,4)5;/h1-14,16-27H,15,28-29H2;1-2,7-8H,3-6H2;;;;;/q;;4*-1;. The van der Waals surface area contributed by atoms with Gasteiger partial charge in [0.05, 0.1) is 13.2 Å². The molecule has 0 saturated heterocycles. The van der Waals surface area contributed by atoms with E-state index in [2.05, 4.69) is 183 Å². The Morgan fingerprint density at radius 3 is 0.750 bits per heavy atom. The molecule has 0 unspecified atom stereocenters. The molecule has 0 amide bonds. The monoisotopic (exact) mass is 1150 g/mol. The van der Waals surface area contributed by atoms with Gasteiger partial charge in [-0.2, -0.15) is 0 Å². The van der Waals surface area contributed by atoms with Gasteiger partial charge in [0.15, 0.2) is 0 Å². The summed E-state index contributed by atoms with van der Waals surface area (Å²) in [5.41, 5.74) is 2.29. The molecule has 1 aliphatic carbocycles. The number of halogens is 16. The average Bonchev–Trinajstić information content (AvgIpc) is 3.36. The second-order valence-corrected chi connectivity index (χ2v) is 18.8. The number of hydrogen-bond acceptors (Lipinski definition) is 2. The van der Waals surface area contributed by atoms with Crippen LogP contribution in [0, 0.1) is 25.7 Å². The Morgan fingerprint density at radius 1 is 0.306 bits per heavy atom. The molecule has 6 aromatic carbocycles. The summed E-state index contributed by atoms with van der Waals surface area (Å²) < 4.78 is 169. The van der Waals surface area contributed by atoms with Gasteiger partial charge in [-0.15, -0.1) is 0 Å². The topological polar surface area (TPSA) is 18.5 Å². The smallest absolute Gasteiger partial charge is 0.493 e. The zero-order valence-corrected chi connectivity index (χ0v) is 41.1. The number of ether oxygens (including phenoxy) is 2. The summed E-state index contributed by atoms with van der Waals surface area (Å²) in [6, 6.07) is 56.9. The van der Waals surface area contributed by atoms with Crippen molar-refractivity contribution >= 4 is 76.7 Å². The van der Waals surface area contributed by atoms with E-state index >= 15 is 0 Å². The fourth-order valence-corrected chi connectivity index (χ4v) is 11.5. The summed E-state index contributed by atoms with van der Waals surface area (Å²) in [5.74, 6) is 1.85. The van der Waals surface area contributed by atoms with Gasteiger partial charge < -0.3 is 78.5 Å². The van der Waals surface area contributed by atoms with Crippen LogP contribution in [-0.4, -0.2) is 42.2 Å². The molecule has 0 N–H and O–H groups in total. The number of hydrogen-bond donors (Lipinski definition) is 0. The van der Waals surface area contributed by atoms with Crippen molar-refractivity contribution in [2.24, 2.45) is 0 Å². The van der Waals surface area contributed by atoms with E-state index in [-0.39, 0.29) is 19.5 Å². The van der Waals surface area contributed by atoms with Crippen LogP contribution >= 0.6 is 15.8 Å². The SMILES string of the molecule is F[B-](F)(F)F.F[B-](F)(F)F.F[B-](F)(F)F.F[B-](F)(F)F.[CH]1[CH]CC[CH][CH]CC1.[Rh].c1ccc(P(c2ccccc2)c2cccc3c2-c2c(cccc2P(c2ccccc2)c2ccccc2)OCCCO3)cc1. The number of benzene rings is 6. The fourth-order valence-electron chi connectivity index (χ4n) is 6.60. The van der Waals surface area contributed by atoms with E-state index in [1.807, 2.05) is 0 Å². The molecule has 1 saturated carbocycles. The van der Waals surface area contributed by atoms with Crippen LogP contribution in [-0.2, 0) is 19.5 Å². The minimum absolute atomic E-state index is 0. The predicted octanol–water partition coefficient (Wildman–Crippen LogP) is 14.6. The molecule has 1 heterocycles. The number of fused-ring (bicyclic) bond motifs is 3. The van der Waals surface area contributed by atoms with Gasteiger partial charge in [0.1, 0.15) is 11.5 Å². The first-order valence-electron chi connectivity index (χ1n) is 21.5. The fraction of sp³-hybridized carbons (Fsp3) is 0.149. The van der Waals surface area contributed by atoms with Crippen molar-refractivity contribution in [3.05, 3.63) is 183 Å². The zero-order chi connectivity index (χ0) is 52.5. The van der Waals surface area contributed by atoms with E-state index in [1.165, 1.54) is 57.5 Å². The third kappa shape index (κ3) is 27.6. The Kier molecular flexibility index (Phi) is 28.3. The molecule has 1 aliphatic heterocycles. The van der Waals surface area contributed by atoms with E-state index in [0.717, 1.165) is 29.0 Å². The van der Waals surface area contributed by atoms with Crippen LogP contribution in [0.4, 0.5) is 69.1 Å². The second kappa shape index (κ2) is 32.0. The number of rotatable bonds is 6. The Balaban J connectivity index is 0.000000500. The molecule has 2 nitrogen and oxygen atoms in total. The van der Waals surface area contributed by atoms with Crippen LogP contribution in [0.1, 0.15) is 32.1 Å². The third-order valence-electron chi connectivity index (χ3n) is 8.93. The largest absolute Gasteiger partial charge is 0.673 e. The quantitative estimate of drug-likeness (QED) is 0.0940. The third-order valence-corrected chi connectivity index (χ3v) is 13.9. The molecule has 6 aromatic rings. The summed E-state index contributed by atoms with van der Waals surface area (Å²) in [7, 11) is -25.8. The zero-order valence-electron chi connectivity index (χ0n) is 37.7. The van der Waals surface area contributed by atoms with Crippen LogP contribution in [0.25, 0.3) is 11.1 Å². The van der Waals surface area contributed by atoms with Crippen LogP contribution in [0.15, 0.2) is 158 Å². The molecule has 5 radical (unpaired) electrons. The Labute approximate surface area is 424 Å². The van der Waals surface area contributed by atoms with Gasteiger partial charge in [-0.3, -0.25) is 0 Å². The van der Waals surface area contributed by atoms with E-state index in [9.17, 15) is 69.1 Å². The normalized spacial score (nSPS) is 13.6. The van der Waals surface area contributed by atoms with E-state index in [4.69, 9.17) is 9.47 Å². The van der Waals surface area contributed by atoms with E-state index in [0.29, 0.717) is 13.2 Å². The van der Waals surface area contributed by atoms with Gasteiger partial charge in [-0.1, -0.05) is 146 Å². The summed E-state index contributed by atoms with van der Waals surface area (Å²) in [6.45, 7) is 1.22. The molecule has 25 heteroatoms. The second-order valence-electron chi connectivity index (χ2n) is 14.4. The average molecular weight is 1150 g/mol. The molecule has 0 aromatic heterocycles. The molecule has 8 rings (SSSR count). The molecule has 391 valence electrons. The molecular formula is C47H44B4F16O2P2Rh-4.